The van der Waals surface area contributed by atoms with Gasteiger partial charge in [0.05, 0.1) is 5.69 Å². The lowest BCUT2D eigenvalue weighted by atomic mass is 9.99. The number of aryl methyl sites for hydroxylation is 4. The van der Waals surface area contributed by atoms with Crippen LogP contribution in [0.4, 0.5) is 0 Å². The van der Waals surface area contributed by atoms with Gasteiger partial charge in [0.2, 0.25) is 0 Å². The Bertz CT molecular complexity index is 615. The van der Waals surface area contributed by atoms with Crippen LogP contribution in [0.2, 0.25) is 0 Å². The highest BCUT2D eigenvalue weighted by Crippen LogP contribution is 2.26. The first-order valence-electron chi connectivity index (χ1n) is 6.29. The van der Waals surface area contributed by atoms with Crippen molar-refractivity contribution < 1.29 is 9.90 Å². The molecule has 100 valence electrons. The SMILES string of the molecule is Cc1ccc(-c2nn(C)cc2CCC(=O)O)c(C)c1. The summed E-state index contributed by atoms with van der Waals surface area (Å²) >= 11 is 0. The molecule has 1 aromatic heterocycles. The minimum atomic E-state index is -0.782. The number of hydrogen-bond donors (Lipinski definition) is 1. The monoisotopic (exact) mass is 258 g/mol. The van der Waals surface area contributed by atoms with Crippen LogP contribution in [0.25, 0.3) is 11.3 Å². The Labute approximate surface area is 112 Å². The normalized spacial score (nSPS) is 10.7. The number of rotatable bonds is 4. The number of carbonyl (C=O) groups is 1. The summed E-state index contributed by atoms with van der Waals surface area (Å²) in [6.45, 7) is 4.11. The second-order valence-electron chi connectivity index (χ2n) is 4.89. The molecule has 1 heterocycles. The number of aromatic nitrogens is 2. The minimum absolute atomic E-state index is 0.129. The highest BCUT2D eigenvalue weighted by Gasteiger charge is 2.13. The summed E-state index contributed by atoms with van der Waals surface area (Å²) in [6, 6.07) is 6.22. The third-order valence-electron chi connectivity index (χ3n) is 3.15. The Morgan fingerprint density at radius 3 is 2.74 bits per heavy atom. The predicted octanol–water partition coefficient (Wildman–Crippen LogP) is 2.72. The number of carboxylic acids is 1. The maximum absolute atomic E-state index is 10.7. The molecule has 0 amide bonds. The van der Waals surface area contributed by atoms with Gasteiger partial charge in [0.25, 0.3) is 0 Å². The van der Waals surface area contributed by atoms with Gasteiger partial charge in [0.15, 0.2) is 0 Å². The van der Waals surface area contributed by atoms with Crippen molar-refractivity contribution in [1.82, 2.24) is 9.78 Å². The first-order chi connectivity index (χ1) is 8.97. The van der Waals surface area contributed by atoms with Crippen LogP contribution in [-0.2, 0) is 18.3 Å². The van der Waals surface area contributed by atoms with Gasteiger partial charge in [0.1, 0.15) is 0 Å². The van der Waals surface area contributed by atoms with Crippen molar-refractivity contribution in [2.45, 2.75) is 26.7 Å². The molecule has 1 aromatic carbocycles. The van der Waals surface area contributed by atoms with Gasteiger partial charge >= 0.3 is 5.97 Å². The van der Waals surface area contributed by atoms with E-state index in [-0.39, 0.29) is 6.42 Å². The van der Waals surface area contributed by atoms with Crippen molar-refractivity contribution in [1.29, 1.82) is 0 Å². The van der Waals surface area contributed by atoms with E-state index in [4.69, 9.17) is 5.11 Å². The first kappa shape index (κ1) is 13.3. The van der Waals surface area contributed by atoms with Crippen LogP contribution >= 0.6 is 0 Å². The summed E-state index contributed by atoms with van der Waals surface area (Å²) in [5.41, 5.74) is 5.32. The van der Waals surface area contributed by atoms with Crippen molar-refractivity contribution >= 4 is 5.97 Å². The minimum Gasteiger partial charge on any atom is -0.481 e. The highest BCUT2D eigenvalue weighted by atomic mass is 16.4. The summed E-state index contributed by atoms with van der Waals surface area (Å²) in [4.78, 5) is 10.7. The number of aliphatic carboxylic acids is 1. The van der Waals surface area contributed by atoms with Crippen LogP contribution in [0.1, 0.15) is 23.1 Å². The van der Waals surface area contributed by atoms with Gasteiger partial charge in [-0.3, -0.25) is 9.48 Å². The summed E-state index contributed by atoms with van der Waals surface area (Å²) in [7, 11) is 1.86. The average molecular weight is 258 g/mol. The first-order valence-corrected chi connectivity index (χ1v) is 6.29. The van der Waals surface area contributed by atoms with Gasteiger partial charge < -0.3 is 5.11 Å². The van der Waals surface area contributed by atoms with Crippen LogP contribution in [0.15, 0.2) is 24.4 Å². The van der Waals surface area contributed by atoms with Crippen molar-refractivity contribution in [3.63, 3.8) is 0 Å². The molecule has 0 aliphatic heterocycles. The van der Waals surface area contributed by atoms with Crippen LogP contribution in [0, 0.1) is 13.8 Å². The third kappa shape index (κ3) is 3.02. The summed E-state index contributed by atoms with van der Waals surface area (Å²) in [5.74, 6) is -0.782. The predicted molar refractivity (Wildman–Crippen MR) is 74.1 cm³/mol. The fourth-order valence-corrected chi connectivity index (χ4v) is 2.27. The third-order valence-corrected chi connectivity index (χ3v) is 3.15. The topological polar surface area (TPSA) is 55.1 Å². The molecule has 0 fully saturated rings. The Balaban J connectivity index is 2.40. The Morgan fingerprint density at radius 2 is 2.11 bits per heavy atom. The van der Waals surface area contributed by atoms with Crippen LogP contribution in [-0.4, -0.2) is 20.9 Å². The fourth-order valence-electron chi connectivity index (χ4n) is 2.27. The van der Waals surface area contributed by atoms with E-state index < -0.39 is 5.97 Å². The molecule has 0 atom stereocenters. The van der Waals surface area contributed by atoms with Crippen molar-refractivity contribution in [3.05, 3.63) is 41.1 Å². The van der Waals surface area contributed by atoms with E-state index in [1.807, 2.05) is 13.2 Å². The van der Waals surface area contributed by atoms with E-state index >= 15 is 0 Å². The molecule has 4 nitrogen and oxygen atoms in total. The maximum Gasteiger partial charge on any atom is 0.303 e. The van der Waals surface area contributed by atoms with E-state index in [2.05, 4.69) is 37.1 Å². The van der Waals surface area contributed by atoms with Crippen LogP contribution in [0.3, 0.4) is 0 Å². The zero-order chi connectivity index (χ0) is 14.0. The Hall–Kier alpha value is -2.10. The highest BCUT2D eigenvalue weighted by molar-refractivity contribution is 5.70. The molecule has 2 rings (SSSR count). The number of nitrogens with zero attached hydrogens (tertiary/aromatic N) is 2. The van der Waals surface area contributed by atoms with Gasteiger partial charge in [-0.05, 0) is 31.4 Å². The Kier molecular flexibility index (Phi) is 3.69. The van der Waals surface area contributed by atoms with E-state index in [0.29, 0.717) is 6.42 Å². The number of benzene rings is 1. The van der Waals surface area contributed by atoms with E-state index in [1.165, 1.54) is 5.56 Å². The molecule has 1 N–H and O–H groups in total. The van der Waals surface area contributed by atoms with Crippen LogP contribution < -0.4 is 0 Å². The van der Waals surface area contributed by atoms with Gasteiger partial charge in [0, 0.05) is 25.2 Å². The van der Waals surface area contributed by atoms with Gasteiger partial charge in [-0.25, -0.2) is 0 Å². The summed E-state index contributed by atoms with van der Waals surface area (Å²) in [6.07, 6.45) is 2.53. The molecule has 0 radical (unpaired) electrons. The number of hydrogen-bond acceptors (Lipinski definition) is 2. The molecule has 0 saturated heterocycles. The van der Waals surface area contributed by atoms with Crippen LogP contribution in [0.5, 0.6) is 0 Å². The molecule has 0 spiro atoms. The van der Waals surface area contributed by atoms with E-state index in [0.717, 1.165) is 22.4 Å². The van der Waals surface area contributed by atoms with Crippen molar-refractivity contribution in [2.24, 2.45) is 7.05 Å². The molecule has 2 aromatic rings. The number of carboxylic acid groups (broad SMARTS) is 1. The zero-order valence-electron chi connectivity index (χ0n) is 11.5. The second-order valence-corrected chi connectivity index (χ2v) is 4.89. The zero-order valence-corrected chi connectivity index (χ0v) is 11.5. The summed E-state index contributed by atoms with van der Waals surface area (Å²) < 4.78 is 1.74. The maximum atomic E-state index is 10.7. The van der Waals surface area contributed by atoms with E-state index in [1.54, 1.807) is 4.68 Å². The second kappa shape index (κ2) is 5.26. The lowest BCUT2D eigenvalue weighted by molar-refractivity contribution is -0.136. The lowest BCUT2D eigenvalue weighted by Crippen LogP contribution is -1.98. The quantitative estimate of drug-likeness (QED) is 0.917. The molecule has 0 bridgehead atoms. The standard InChI is InChI=1S/C15H18N2O2/c1-10-4-6-13(11(2)8-10)15-12(5-7-14(18)19)9-17(3)16-15/h4,6,8-9H,5,7H2,1-3H3,(H,18,19). The smallest absolute Gasteiger partial charge is 0.303 e. The Morgan fingerprint density at radius 1 is 1.37 bits per heavy atom. The molecule has 0 aliphatic rings. The van der Waals surface area contributed by atoms with Gasteiger partial charge in [-0.1, -0.05) is 23.8 Å². The van der Waals surface area contributed by atoms with Crippen molar-refractivity contribution in [3.8, 4) is 11.3 Å². The molecular weight excluding hydrogens is 240 g/mol. The molecule has 0 aliphatic carbocycles. The summed E-state index contributed by atoms with van der Waals surface area (Å²) in [5, 5.41) is 13.3. The molecule has 0 saturated carbocycles. The molecule has 4 heteroatoms. The van der Waals surface area contributed by atoms with Gasteiger partial charge in [-0.15, -0.1) is 0 Å². The molecule has 19 heavy (non-hydrogen) atoms. The molecule has 0 unspecified atom stereocenters. The molecular formula is C15H18N2O2. The largest absolute Gasteiger partial charge is 0.481 e. The lowest BCUT2D eigenvalue weighted by Gasteiger charge is -2.06. The van der Waals surface area contributed by atoms with Crippen molar-refractivity contribution in [2.75, 3.05) is 0 Å². The van der Waals surface area contributed by atoms with E-state index in [9.17, 15) is 4.79 Å². The average Bonchev–Trinajstić information content (AvgIpc) is 2.67. The van der Waals surface area contributed by atoms with Gasteiger partial charge in [-0.2, -0.15) is 5.10 Å². The fraction of sp³-hybridized carbons (Fsp3) is 0.333.